The van der Waals surface area contributed by atoms with E-state index in [1.807, 2.05) is 0 Å². The van der Waals surface area contributed by atoms with Crippen LogP contribution in [0.3, 0.4) is 0 Å². The fourth-order valence-electron chi connectivity index (χ4n) is 1.79. The van der Waals surface area contributed by atoms with E-state index < -0.39 is 22.9 Å². The summed E-state index contributed by atoms with van der Waals surface area (Å²) in [6.07, 6.45) is -1.06. The summed E-state index contributed by atoms with van der Waals surface area (Å²) in [5.74, 6) is -1.21. The fourth-order valence-corrected chi connectivity index (χ4v) is 1.96. The molecule has 0 fully saturated rings. The van der Waals surface area contributed by atoms with Crippen molar-refractivity contribution in [3.8, 4) is 11.5 Å². The highest BCUT2D eigenvalue weighted by molar-refractivity contribution is 6.30. The molecule has 9 heteroatoms. The van der Waals surface area contributed by atoms with Crippen LogP contribution >= 0.6 is 11.6 Å². The molecule has 0 radical (unpaired) electrons. The van der Waals surface area contributed by atoms with Crippen LogP contribution in [0.15, 0.2) is 42.5 Å². The molecule has 1 amide bonds. The standard InChI is InChI=1S/C16H13ClN2O6/c1-9(15(18)20)24-16(21)10-2-5-12(6-3-10)25-14-7-4-11(17)8-13(14)19(22)23/h2-9H,1H3,(H2,18,20). The average molecular weight is 365 g/mol. The Labute approximate surface area is 147 Å². The minimum atomic E-state index is -1.06. The van der Waals surface area contributed by atoms with Crippen LogP contribution in [0.5, 0.6) is 11.5 Å². The molecule has 8 nitrogen and oxygen atoms in total. The van der Waals surface area contributed by atoms with Crippen molar-refractivity contribution in [1.82, 2.24) is 0 Å². The summed E-state index contributed by atoms with van der Waals surface area (Å²) in [4.78, 5) is 33.2. The molecule has 0 heterocycles. The molecule has 2 rings (SSSR count). The lowest BCUT2D eigenvalue weighted by molar-refractivity contribution is -0.385. The number of nitrogens with zero attached hydrogens (tertiary/aromatic N) is 1. The number of ether oxygens (including phenoxy) is 2. The van der Waals surface area contributed by atoms with Crippen LogP contribution in [0.1, 0.15) is 17.3 Å². The highest BCUT2D eigenvalue weighted by Gasteiger charge is 2.18. The number of rotatable bonds is 6. The zero-order valence-corrected chi connectivity index (χ0v) is 13.7. The van der Waals surface area contributed by atoms with E-state index in [9.17, 15) is 19.7 Å². The third kappa shape index (κ3) is 4.67. The SMILES string of the molecule is CC(OC(=O)c1ccc(Oc2ccc(Cl)cc2[N+](=O)[O-])cc1)C(N)=O. The van der Waals surface area contributed by atoms with Crippen LogP contribution < -0.4 is 10.5 Å². The molecule has 0 aliphatic carbocycles. The zero-order chi connectivity index (χ0) is 18.6. The number of esters is 1. The Balaban J connectivity index is 2.15. The molecule has 1 atom stereocenters. The van der Waals surface area contributed by atoms with Crippen LogP contribution in [-0.2, 0) is 9.53 Å². The second kappa shape index (κ2) is 7.63. The smallest absolute Gasteiger partial charge is 0.338 e. The summed E-state index contributed by atoms with van der Waals surface area (Å²) < 4.78 is 10.3. The normalized spacial score (nSPS) is 11.4. The fraction of sp³-hybridized carbons (Fsp3) is 0.125. The lowest BCUT2D eigenvalue weighted by atomic mass is 10.2. The molecule has 130 valence electrons. The molecule has 0 bridgehead atoms. The van der Waals surface area contributed by atoms with Gasteiger partial charge >= 0.3 is 11.7 Å². The van der Waals surface area contributed by atoms with Gasteiger partial charge in [-0.1, -0.05) is 11.6 Å². The number of halogens is 1. The van der Waals surface area contributed by atoms with Gasteiger partial charge in [0.1, 0.15) is 5.75 Å². The van der Waals surface area contributed by atoms with Crippen LogP contribution in [0.4, 0.5) is 5.69 Å². The number of nitro benzene ring substituents is 1. The van der Waals surface area contributed by atoms with E-state index in [0.29, 0.717) is 0 Å². The number of carbonyl (C=O) groups excluding carboxylic acids is 2. The van der Waals surface area contributed by atoms with Crippen LogP contribution in [0, 0.1) is 10.1 Å². The van der Waals surface area contributed by atoms with Crippen molar-refractivity contribution in [3.63, 3.8) is 0 Å². The molecule has 0 saturated carbocycles. The van der Waals surface area contributed by atoms with E-state index in [1.54, 1.807) is 0 Å². The van der Waals surface area contributed by atoms with Gasteiger partial charge in [-0.15, -0.1) is 0 Å². The largest absolute Gasteiger partial charge is 0.450 e. The molecule has 0 spiro atoms. The van der Waals surface area contributed by atoms with E-state index in [2.05, 4.69) is 0 Å². The van der Waals surface area contributed by atoms with Gasteiger partial charge in [-0.05, 0) is 43.3 Å². The van der Waals surface area contributed by atoms with Gasteiger partial charge < -0.3 is 15.2 Å². The van der Waals surface area contributed by atoms with E-state index in [-0.39, 0.29) is 27.8 Å². The van der Waals surface area contributed by atoms with Crippen molar-refractivity contribution in [3.05, 3.63) is 63.2 Å². The molecule has 2 aromatic carbocycles. The molecule has 0 saturated heterocycles. The maximum absolute atomic E-state index is 11.8. The summed E-state index contributed by atoms with van der Waals surface area (Å²) in [5, 5.41) is 11.2. The number of amides is 1. The quantitative estimate of drug-likeness (QED) is 0.477. The van der Waals surface area contributed by atoms with Gasteiger partial charge in [-0.3, -0.25) is 14.9 Å². The molecule has 0 aliphatic heterocycles. The van der Waals surface area contributed by atoms with Crippen molar-refractivity contribution in [2.75, 3.05) is 0 Å². The van der Waals surface area contributed by atoms with E-state index in [1.165, 1.54) is 49.4 Å². The number of nitrogens with two attached hydrogens (primary N) is 1. The van der Waals surface area contributed by atoms with E-state index >= 15 is 0 Å². The summed E-state index contributed by atoms with van der Waals surface area (Å²) in [6.45, 7) is 1.36. The van der Waals surface area contributed by atoms with Crippen LogP contribution in [0.2, 0.25) is 5.02 Å². The van der Waals surface area contributed by atoms with E-state index in [0.717, 1.165) is 0 Å². The Morgan fingerprint density at radius 3 is 2.40 bits per heavy atom. The highest BCUT2D eigenvalue weighted by Crippen LogP contribution is 2.33. The maximum Gasteiger partial charge on any atom is 0.338 e. The van der Waals surface area contributed by atoms with Crippen LogP contribution in [0.25, 0.3) is 0 Å². The molecule has 0 aliphatic rings. The first kappa shape index (κ1) is 18.2. The molecule has 1 unspecified atom stereocenters. The highest BCUT2D eigenvalue weighted by atomic mass is 35.5. The molecule has 0 aromatic heterocycles. The summed E-state index contributed by atoms with van der Waals surface area (Å²) in [6, 6.07) is 9.67. The molecule has 25 heavy (non-hydrogen) atoms. The van der Waals surface area contributed by atoms with E-state index in [4.69, 9.17) is 26.8 Å². The number of hydrogen-bond acceptors (Lipinski definition) is 6. The van der Waals surface area contributed by atoms with Crippen molar-refractivity contribution in [2.24, 2.45) is 5.73 Å². The summed E-state index contributed by atoms with van der Waals surface area (Å²) >= 11 is 5.74. The van der Waals surface area contributed by atoms with Gasteiger partial charge in [-0.2, -0.15) is 0 Å². The summed E-state index contributed by atoms with van der Waals surface area (Å²) in [5.41, 5.74) is 4.91. The Bertz CT molecular complexity index is 822. The Hall–Kier alpha value is -3.13. The first-order valence-electron chi connectivity index (χ1n) is 7.00. The number of nitro groups is 1. The first-order valence-corrected chi connectivity index (χ1v) is 7.38. The van der Waals surface area contributed by atoms with Crippen molar-refractivity contribution >= 4 is 29.2 Å². The van der Waals surface area contributed by atoms with Gasteiger partial charge in [0.2, 0.25) is 5.75 Å². The predicted molar refractivity (Wildman–Crippen MR) is 88.7 cm³/mol. The lowest BCUT2D eigenvalue weighted by Crippen LogP contribution is -2.30. The van der Waals surface area contributed by atoms with Crippen molar-refractivity contribution in [2.45, 2.75) is 13.0 Å². The minimum absolute atomic E-state index is 0.00655. The molecule has 2 aromatic rings. The third-order valence-corrected chi connectivity index (χ3v) is 3.36. The minimum Gasteiger partial charge on any atom is -0.450 e. The first-order chi connectivity index (χ1) is 11.8. The molecular weight excluding hydrogens is 352 g/mol. The number of benzene rings is 2. The van der Waals surface area contributed by atoms with Gasteiger partial charge in [-0.25, -0.2) is 4.79 Å². The van der Waals surface area contributed by atoms with Gasteiger partial charge in [0.15, 0.2) is 6.10 Å². The zero-order valence-electron chi connectivity index (χ0n) is 13.0. The van der Waals surface area contributed by atoms with Gasteiger partial charge in [0.25, 0.3) is 5.91 Å². The van der Waals surface area contributed by atoms with Gasteiger partial charge in [0, 0.05) is 11.1 Å². The third-order valence-electron chi connectivity index (χ3n) is 3.12. The summed E-state index contributed by atoms with van der Waals surface area (Å²) in [7, 11) is 0. The van der Waals surface area contributed by atoms with Crippen LogP contribution in [-0.4, -0.2) is 22.9 Å². The second-order valence-electron chi connectivity index (χ2n) is 4.95. The van der Waals surface area contributed by atoms with Crippen molar-refractivity contribution in [1.29, 1.82) is 0 Å². The topological polar surface area (TPSA) is 122 Å². The molecular formula is C16H13ClN2O6. The van der Waals surface area contributed by atoms with Crippen molar-refractivity contribution < 1.29 is 24.0 Å². The molecule has 2 N–H and O–H groups in total. The number of primary amides is 1. The Morgan fingerprint density at radius 1 is 1.20 bits per heavy atom. The average Bonchev–Trinajstić information content (AvgIpc) is 2.56. The number of hydrogen-bond donors (Lipinski definition) is 1. The second-order valence-corrected chi connectivity index (χ2v) is 5.38. The van der Waals surface area contributed by atoms with Gasteiger partial charge in [0.05, 0.1) is 10.5 Å². The maximum atomic E-state index is 11.8. The Morgan fingerprint density at radius 2 is 1.84 bits per heavy atom. The monoisotopic (exact) mass is 364 g/mol. The predicted octanol–water partition coefficient (Wildman–Crippen LogP) is 3.07. The Kier molecular flexibility index (Phi) is 5.56. The lowest BCUT2D eigenvalue weighted by Gasteiger charge is -2.10. The number of carbonyl (C=O) groups is 2.